The zero-order chi connectivity index (χ0) is 15.7. The van der Waals surface area contributed by atoms with E-state index in [2.05, 4.69) is 6.58 Å². The van der Waals surface area contributed by atoms with Gasteiger partial charge in [-0.3, -0.25) is 4.57 Å². The monoisotopic (exact) mass is 311 g/mol. The van der Waals surface area contributed by atoms with Crippen molar-refractivity contribution >= 4 is 34.1 Å². The molecule has 3 rings (SSSR count). The molecule has 0 bridgehead atoms. The standard InChI is InChI=1S/C18H11ClFNO/c1-2-16(11-22)21-17-8-5-14(19)9-13(17)10-18(21)12-3-6-15(20)7-4-12/h2-10H,1H2. The topological polar surface area (TPSA) is 22.0 Å². The van der Waals surface area contributed by atoms with Gasteiger partial charge in [0.2, 0.25) is 0 Å². The van der Waals surface area contributed by atoms with Gasteiger partial charge in [0, 0.05) is 10.4 Å². The van der Waals surface area contributed by atoms with Gasteiger partial charge in [-0.05, 0) is 60.2 Å². The number of benzene rings is 2. The van der Waals surface area contributed by atoms with E-state index in [1.165, 1.54) is 18.2 Å². The van der Waals surface area contributed by atoms with Crippen LogP contribution in [0.3, 0.4) is 0 Å². The third kappa shape index (κ3) is 2.37. The number of rotatable bonds is 3. The highest BCUT2D eigenvalue weighted by molar-refractivity contribution is 6.31. The van der Waals surface area contributed by atoms with E-state index < -0.39 is 0 Å². The van der Waals surface area contributed by atoms with E-state index in [0.29, 0.717) is 5.02 Å². The number of halogens is 2. The molecule has 0 aliphatic heterocycles. The Hall–Kier alpha value is -2.61. The first-order valence-corrected chi connectivity index (χ1v) is 6.96. The third-order valence-corrected chi connectivity index (χ3v) is 3.68. The van der Waals surface area contributed by atoms with Crippen molar-refractivity contribution in [3.05, 3.63) is 72.0 Å². The Bertz CT molecular complexity index is 918. The molecule has 0 aliphatic carbocycles. The van der Waals surface area contributed by atoms with E-state index in [9.17, 15) is 9.18 Å². The molecule has 2 nitrogen and oxygen atoms in total. The number of hydrogen-bond acceptors (Lipinski definition) is 1. The van der Waals surface area contributed by atoms with Crippen molar-refractivity contribution in [2.75, 3.05) is 0 Å². The lowest BCUT2D eigenvalue weighted by Gasteiger charge is -2.09. The zero-order valence-electron chi connectivity index (χ0n) is 11.5. The molecule has 108 valence electrons. The second kappa shape index (κ2) is 5.64. The summed E-state index contributed by atoms with van der Waals surface area (Å²) in [5, 5.41) is 1.48. The Kier molecular flexibility index (Phi) is 3.68. The smallest absolute Gasteiger partial charge is 0.151 e. The van der Waals surface area contributed by atoms with Crippen LogP contribution >= 0.6 is 11.6 Å². The molecular formula is C18H11ClFNO. The maximum atomic E-state index is 13.1. The molecule has 0 spiro atoms. The largest absolute Gasteiger partial charge is 0.300 e. The van der Waals surface area contributed by atoms with E-state index >= 15 is 0 Å². The van der Waals surface area contributed by atoms with Gasteiger partial charge in [0.05, 0.1) is 11.2 Å². The number of aromatic nitrogens is 1. The molecule has 0 saturated carbocycles. The van der Waals surface area contributed by atoms with Gasteiger partial charge in [0.15, 0.2) is 5.94 Å². The summed E-state index contributed by atoms with van der Waals surface area (Å²) >= 11 is 6.03. The van der Waals surface area contributed by atoms with E-state index in [-0.39, 0.29) is 11.5 Å². The number of fused-ring (bicyclic) bond motifs is 1. The molecule has 0 saturated heterocycles. The molecule has 0 N–H and O–H groups in total. The molecule has 2 aromatic carbocycles. The summed E-state index contributed by atoms with van der Waals surface area (Å²) in [5.41, 5.74) is 2.62. The van der Waals surface area contributed by atoms with E-state index in [1.807, 2.05) is 24.1 Å². The first kappa shape index (κ1) is 14.3. The maximum absolute atomic E-state index is 13.1. The number of allylic oxidation sites excluding steroid dienone is 2. The Balaban J connectivity index is 2.37. The van der Waals surface area contributed by atoms with Gasteiger partial charge in [-0.2, -0.15) is 0 Å². The van der Waals surface area contributed by atoms with Crippen LogP contribution in [0.1, 0.15) is 0 Å². The van der Waals surface area contributed by atoms with Gasteiger partial charge >= 0.3 is 0 Å². The number of carbonyl (C=O) groups excluding carboxylic acids is 1. The lowest BCUT2D eigenvalue weighted by atomic mass is 10.1. The molecule has 0 fully saturated rings. The van der Waals surface area contributed by atoms with Crippen LogP contribution in [0.5, 0.6) is 0 Å². The van der Waals surface area contributed by atoms with E-state index in [0.717, 1.165) is 22.2 Å². The summed E-state index contributed by atoms with van der Waals surface area (Å²) in [5.74, 6) is 1.57. The van der Waals surface area contributed by atoms with Crippen LogP contribution < -0.4 is 0 Å². The van der Waals surface area contributed by atoms with E-state index in [4.69, 9.17) is 11.6 Å². The van der Waals surface area contributed by atoms with Crippen molar-refractivity contribution in [3.8, 4) is 11.3 Å². The van der Waals surface area contributed by atoms with Crippen LogP contribution in [-0.2, 0) is 4.79 Å². The zero-order valence-corrected chi connectivity index (χ0v) is 12.3. The minimum Gasteiger partial charge on any atom is -0.300 e. The minimum absolute atomic E-state index is 0.289. The first-order valence-electron chi connectivity index (χ1n) is 6.59. The lowest BCUT2D eigenvalue weighted by molar-refractivity contribution is 0.569. The maximum Gasteiger partial charge on any atom is 0.151 e. The molecule has 1 heterocycles. The summed E-state index contributed by atoms with van der Waals surface area (Å²) in [6.45, 7) is 3.65. The number of hydrogen-bond donors (Lipinski definition) is 0. The molecule has 0 aliphatic rings. The summed E-state index contributed by atoms with van der Waals surface area (Å²) in [6.07, 6.45) is 1.44. The molecule has 1 aromatic heterocycles. The van der Waals surface area contributed by atoms with Crippen LogP contribution in [0.15, 0.2) is 61.2 Å². The Morgan fingerprint density at radius 1 is 1.18 bits per heavy atom. The number of nitrogens with zero attached hydrogens (tertiary/aromatic N) is 1. The molecule has 4 heteroatoms. The van der Waals surface area contributed by atoms with Crippen LogP contribution in [0.2, 0.25) is 5.02 Å². The SMILES string of the molecule is C=CC(=C=O)n1c(-c2ccc(F)cc2)cc2cc(Cl)ccc21. The quantitative estimate of drug-likeness (QED) is 0.495. The van der Waals surface area contributed by atoms with Crippen molar-refractivity contribution in [2.24, 2.45) is 0 Å². The van der Waals surface area contributed by atoms with E-state index in [1.54, 1.807) is 22.8 Å². The molecule has 0 amide bonds. The highest BCUT2D eigenvalue weighted by atomic mass is 35.5. The average molecular weight is 312 g/mol. The van der Waals surface area contributed by atoms with Gasteiger partial charge < -0.3 is 0 Å². The normalized spacial score (nSPS) is 10.5. The van der Waals surface area contributed by atoms with Crippen LogP contribution in [0.25, 0.3) is 27.9 Å². The third-order valence-electron chi connectivity index (χ3n) is 3.44. The molecule has 22 heavy (non-hydrogen) atoms. The second-order valence-corrected chi connectivity index (χ2v) is 5.20. The first-order chi connectivity index (χ1) is 10.6. The summed E-state index contributed by atoms with van der Waals surface area (Å²) < 4.78 is 14.9. The fourth-order valence-corrected chi connectivity index (χ4v) is 2.64. The summed E-state index contributed by atoms with van der Waals surface area (Å²) in [4.78, 5) is 11.2. The van der Waals surface area contributed by atoms with Crippen LogP contribution in [0, 0.1) is 5.82 Å². The van der Waals surface area contributed by atoms with Gasteiger partial charge in [0.1, 0.15) is 11.5 Å². The van der Waals surface area contributed by atoms with Crippen molar-refractivity contribution in [2.45, 2.75) is 0 Å². The highest BCUT2D eigenvalue weighted by Crippen LogP contribution is 2.32. The summed E-state index contributed by atoms with van der Waals surface area (Å²) in [7, 11) is 0. The van der Waals surface area contributed by atoms with Gasteiger partial charge in [-0.25, -0.2) is 9.18 Å². The van der Waals surface area contributed by atoms with Crippen molar-refractivity contribution in [1.29, 1.82) is 0 Å². The molecule has 0 radical (unpaired) electrons. The lowest BCUT2D eigenvalue weighted by Crippen LogP contribution is -1.97. The average Bonchev–Trinajstić information content (AvgIpc) is 2.88. The molecule has 3 aromatic rings. The fraction of sp³-hybridized carbons (Fsp3) is 0. The van der Waals surface area contributed by atoms with Crippen LogP contribution in [-0.4, -0.2) is 10.5 Å². The molecular weight excluding hydrogens is 301 g/mol. The van der Waals surface area contributed by atoms with Gasteiger partial charge in [-0.15, -0.1) is 0 Å². The van der Waals surface area contributed by atoms with Crippen molar-refractivity contribution in [1.82, 2.24) is 4.57 Å². The Morgan fingerprint density at radius 3 is 2.55 bits per heavy atom. The molecule has 0 unspecified atom stereocenters. The predicted octanol–water partition coefficient (Wildman–Crippen LogP) is 4.96. The highest BCUT2D eigenvalue weighted by Gasteiger charge is 2.13. The second-order valence-electron chi connectivity index (χ2n) is 4.77. The van der Waals surface area contributed by atoms with Crippen molar-refractivity contribution < 1.29 is 9.18 Å². The predicted molar refractivity (Wildman–Crippen MR) is 87.9 cm³/mol. The molecule has 0 atom stereocenters. The summed E-state index contributed by atoms with van der Waals surface area (Å²) in [6, 6.07) is 13.4. The van der Waals surface area contributed by atoms with Gasteiger partial charge in [-0.1, -0.05) is 18.2 Å². The Morgan fingerprint density at radius 2 is 1.91 bits per heavy atom. The van der Waals surface area contributed by atoms with Crippen LogP contribution in [0.4, 0.5) is 4.39 Å². The minimum atomic E-state index is -0.315. The Labute approximate surface area is 131 Å². The van der Waals surface area contributed by atoms with Gasteiger partial charge in [0.25, 0.3) is 0 Å². The van der Waals surface area contributed by atoms with Crippen molar-refractivity contribution in [3.63, 3.8) is 0 Å². The fourth-order valence-electron chi connectivity index (χ4n) is 2.46.